The van der Waals surface area contributed by atoms with Crippen molar-refractivity contribution >= 4 is 47.1 Å². The molecule has 3 nitrogen and oxygen atoms in total. The fourth-order valence-electron chi connectivity index (χ4n) is 5.16. The van der Waals surface area contributed by atoms with Crippen LogP contribution in [0.15, 0.2) is 121 Å². The number of rotatable bonds is 8. The Bertz CT molecular complexity index is 1270. The molecule has 0 N–H and O–H groups in total. The van der Waals surface area contributed by atoms with Gasteiger partial charge in [0, 0.05) is 18.2 Å². The van der Waals surface area contributed by atoms with Gasteiger partial charge in [-0.15, -0.1) is 0 Å². The first-order chi connectivity index (χ1) is 17.5. The lowest BCUT2D eigenvalue weighted by Gasteiger charge is -2.27. The minimum Gasteiger partial charge on any atom is -0.212 e. The number of sulfonamides is 1. The molecule has 0 bridgehead atoms. The van der Waals surface area contributed by atoms with Crippen LogP contribution in [0.25, 0.3) is 0 Å². The van der Waals surface area contributed by atoms with E-state index in [1.165, 1.54) is 27.5 Å². The first kappa shape index (κ1) is 25.3. The van der Waals surface area contributed by atoms with Crippen LogP contribution in [0.3, 0.4) is 0 Å². The maximum Gasteiger partial charge on any atom is 0.211 e. The van der Waals surface area contributed by atoms with Crippen LogP contribution in [0, 0.1) is 0 Å². The third-order valence-electron chi connectivity index (χ3n) is 6.73. The molecular formula is C30H31NO2P2S. The molecule has 0 aromatic heterocycles. The SMILES string of the molecule is CS(=O)(=O)N1C[C@@H](P(c2ccccc2)c2ccccc2)C[C@H]1CP(c1ccccc1)c1ccccc1. The summed E-state index contributed by atoms with van der Waals surface area (Å²) >= 11 is 0. The van der Waals surface area contributed by atoms with Gasteiger partial charge < -0.3 is 0 Å². The van der Waals surface area contributed by atoms with Crippen molar-refractivity contribution in [3.05, 3.63) is 121 Å². The summed E-state index contributed by atoms with van der Waals surface area (Å²) in [5, 5.41) is 5.21. The molecule has 0 aliphatic carbocycles. The van der Waals surface area contributed by atoms with Gasteiger partial charge in [-0.05, 0) is 49.6 Å². The lowest BCUT2D eigenvalue weighted by atomic mass is 10.2. The molecule has 0 radical (unpaired) electrons. The fourth-order valence-corrected chi connectivity index (χ4v) is 12.0. The summed E-state index contributed by atoms with van der Waals surface area (Å²) in [4.78, 5) is 0. The van der Waals surface area contributed by atoms with Crippen LogP contribution >= 0.6 is 15.8 Å². The minimum atomic E-state index is -3.34. The third-order valence-corrected chi connectivity index (χ3v) is 13.5. The van der Waals surface area contributed by atoms with Gasteiger partial charge >= 0.3 is 0 Å². The van der Waals surface area contributed by atoms with Crippen molar-refractivity contribution in [2.75, 3.05) is 19.0 Å². The van der Waals surface area contributed by atoms with E-state index >= 15 is 0 Å². The standard InChI is InChI=1S/C30H31NO2P2S/c1-36(32,33)31-23-30(35(28-18-10-4-11-19-28)29-20-12-5-13-21-29)22-25(31)24-34(26-14-6-2-7-15-26)27-16-8-3-9-17-27/h2-21,25,30H,22-24H2,1H3/t25-,30-/m0/s1. The van der Waals surface area contributed by atoms with E-state index in [-0.39, 0.29) is 11.7 Å². The van der Waals surface area contributed by atoms with Gasteiger partial charge in [0.1, 0.15) is 0 Å². The van der Waals surface area contributed by atoms with E-state index in [1.807, 2.05) is 12.1 Å². The quantitative estimate of drug-likeness (QED) is 0.311. The average Bonchev–Trinajstić information content (AvgIpc) is 3.34. The van der Waals surface area contributed by atoms with E-state index in [9.17, 15) is 8.42 Å². The first-order valence-electron chi connectivity index (χ1n) is 12.2. The monoisotopic (exact) mass is 531 g/mol. The second kappa shape index (κ2) is 11.4. The van der Waals surface area contributed by atoms with Crippen molar-refractivity contribution in [1.29, 1.82) is 0 Å². The molecule has 1 aliphatic heterocycles. The van der Waals surface area contributed by atoms with Crippen molar-refractivity contribution in [1.82, 2.24) is 4.31 Å². The van der Waals surface area contributed by atoms with E-state index in [4.69, 9.17) is 0 Å². The van der Waals surface area contributed by atoms with Gasteiger partial charge in [0.15, 0.2) is 0 Å². The van der Waals surface area contributed by atoms with E-state index in [2.05, 4.69) is 109 Å². The smallest absolute Gasteiger partial charge is 0.211 e. The highest BCUT2D eigenvalue weighted by Gasteiger charge is 2.42. The Hall–Kier alpha value is -2.35. The Labute approximate surface area is 217 Å². The normalized spacial score (nSPS) is 18.6. The fraction of sp³-hybridized carbons (Fsp3) is 0.200. The molecule has 1 heterocycles. The minimum absolute atomic E-state index is 0.0195. The molecule has 184 valence electrons. The van der Waals surface area contributed by atoms with E-state index in [0.29, 0.717) is 6.54 Å². The van der Waals surface area contributed by atoms with Crippen molar-refractivity contribution in [3.8, 4) is 0 Å². The molecule has 4 aromatic carbocycles. The van der Waals surface area contributed by atoms with Gasteiger partial charge in [-0.25, -0.2) is 8.42 Å². The Kier molecular flexibility index (Phi) is 7.99. The highest BCUT2D eigenvalue weighted by atomic mass is 32.2. The maximum atomic E-state index is 13.1. The third kappa shape index (κ3) is 5.79. The summed E-state index contributed by atoms with van der Waals surface area (Å²) in [6.07, 6.45) is 3.09. The van der Waals surface area contributed by atoms with Crippen LogP contribution < -0.4 is 21.2 Å². The van der Waals surface area contributed by atoms with Gasteiger partial charge in [-0.2, -0.15) is 4.31 Å². The van der Waals surface area contributed by atoms with Crippen molar-refractivity contribution < 1.29 is 8.42 Å². The molecule has 36 heavy (non-hydrogen) atoms. The highest BCUT2D eigenvalue weighted by molar-refractivity contribution is 7.88. The summed E-state index contributed by atoms with van der Waals surface area (Å²) in [5.41, 5.74) is 0.271. The Morgan fingerprint density at radius 1 is 0.667 bits per heavy atom. The maximum absolute atomic E-state index is 13.1. The lowest BCUT2D eigenvalue weighted by molar-refractivity contribution is 0.416. The summed E-state index contributed by atoms with van der Waals surface area (Å²) in [6.45, 7) is 0.575. The van der Waals surface area contributed by atoms with Crippen molar-refractivity contribution in [2.24, 2.45) is 0 Å². The summed E-state index contributed by atoms with van der Waals surface area (Å²) in [5.74, 6) is 0. The molecule has 5 rings (SSSR count). The van der Waals surface area contributed by atoms with Crippen molar-refractivity contribution in [2.45, 2.75) is 18.1 Å². The summed E-state index contributed by atoms with van der Waals surface area (Å²) < 4.78 is 28.0. The molecule has 6 heteroatoms. The average molecular weight is 532 g/mol. The van der Waals surface area contributed by atoms with Crippen LogP contribution in [0.1, 0.15) is 6.42 Å². The van der Waals surface area contributed by atoms with Crippen LogP contribution in [0.4, 0.5) is 0 Å². The second-order valence-electron chi connectivity index (χ2n) is 9.20. The number of hydrogen-bond acceptors (Lipinski definition) is 2. The van der Waals surface area contributed by atoms with Crippen LogP contribution in [-0.2, 0) is 10.0 Å². The molecular weight excluding hydrogens is 500 g/mol. The molecule has 1 saturated heterocycles. The van der Waals surface area contributed by atoms with Crippen LogP contribution in [-0.4, -0.2) is 43.4 Å². The lowest BCUT2D eigenvalue weighted by Crippen LogP contribution is -2.38. The summed E-state index contributed by atoms with van der Waals surface area (Å²) in [6, 6.07) is 42.5. The van der Waals surface area contributed by atoms with E-state index in [1.54, 1.807) is 4.31 Å². The van der Waals surface area contributed by atoms with Crippen molar-refractivity contribution in [3.63, 3.8) is 0 Å². The van der Waals surface area contributed by atoms with Crippen LogP contribution in [0.2, 0.25) is 0 Å². The molecule has 1 aliphatic rings. The first-order valence-corrected chi connectivity index (χ1v) is 17.0. The van der Waals surface area contributed by atoms with Gasteiger partial charge in [0.05, 0.1) is 6.26 Å². The van der Waals surface area contributed by atoms with Crippen LogP contribution in [0.5, 0.6) is 0 Å². The molecule has 4 aromatic rings. The number of benzene rings is 4. The zero-order chi connectivity index (χ0) is 25.0. The Morgan fingerprint density at radius 3 is 1.44 bits per heavy atom. The van der Waals surface area contributed by atoms with E-state index in [0.717, 1.165) is 12.6 Å². The predicted molar refractivity (Wildman–Crippen MR) is 157 cm³/mol. The zero-order valence-corrected chi connectivity index (χ0v) is 23.0. The Balaban J connectivity index is 1.51. The number of hydrogen-bond donors (Lipinski definition) is 0. The summed E-state index contributed by atoms with van der Waals surface area (Å²) in [7, 11) is -4.70. The topological polar surface area (TPSA) is 37.4 Å². The second-order valence-corrected chi connectivity index (χ2v) is 15.9. The Morgan fingerprint density at radius 2 is 1.06 bits per heavy atom. The zero-order valence-electron chi connectivity index (χ0n) is 20.4. The van der Waals surface area contributed by atoms with Gasteiger partial charge in [-0.3, -0.25) is 0 Å². The molecule has 2 atom stereocenters. The predicted octanol–water partition coefficient (Wildman–Crippen LogP) is 4.65. The van der Waals surface area contributed by atoms with Gasteiger partial charge in [0.25, 0.3) is 0 Å². The highest BCUT2D eigenvalue weighted by Crippen LogP contribution is 2.48. The van der Waals surface area contributed by atoms with Gasteiger partial charge in [-0.1, -0.05) is 121 Å². The largest absolute Gasteiger partial charge is 0.212 e. The molecule has 0 amide bonds. The number of nitrogens with zero attached hydrogens (tertiary/aromatic N) is 1. The molecule has 0 saturated carbocycles. The molecule has 0 spiro atoms. The van der Waals surface area contributed by atoms with E-state index < -0.39 is 25.9 Å². The van der Waals surface area contributed by atoms with Gasteiger partial charge in [0.2, 0.25) is 10.0 Å². The molecule has 1 fully saturated rings. The molecule has 0 unspecified atom stereocenters.